The van der Waals surface area contributed by atoms with Gasteiger partial charge in [0.05, 0.1) is 11.4 Å². The molecular weight excluding hydrogens is 466 g/mol. The molecule has 0 saturated carbocycles. The largest absolute Gasteiger partial charge is 0.381 e. The zero-order valence-corrected chi connectivity index (χ0v) is 21.5. The molecule has 0 N–H and O–H groups in total. The number of benzene rings is 1. The van der Waals surface area contributed by atoms with Gasteiger partial charge in [-0.25, -0.2) is 18.4 Å². The van der Waals surface area contributed by atoms with Crippen molar-refractivity contribution >= 4 is 9.84 Å². The number of aromatic nitrogens is 5. The highest BCUT2D eigenvalue weighted by molar-refractivity contribution is 7.91. The van der Waals surface area contributed by atoms with Gasteiger partial charge in [-0.3, -0.25) is 0 Å². The van der Waals surface area contributed by atoms with Crippen LogP contribution in [0, 0.1) is 6.92 Å². The van der Waals surface area contributed by atoms with E-state index in [9.17, 15) is 8.42 Å². The molecule has 188 valence electrons. The molecule has 2 atom stereocenters. The van der Waals surface area contributed by atoms with Crippen LogP contribution in [0.15, 0.2) is 42.7 Å². The summed E-state index contributed by atoms with van der Waals surface area (Å²) in [6, 6.07) is 9.80. The van der Waals surface area contributed by atoms with Crippen LogP contribution in [-0.2, 0) is 25.1 Å². The van der Waals surface area contributed by atoms with E-state index >= 15 is 0 Å². The maximum atomic E-state index is 13.7. The number of hydrogen-bond donors (Lipinski definition) is 0. The number of sulfone groups is 1. The number of ether oxygens (including phenoxy) is 2. The summed E-state index contributed by atoms with van der Waals surface area (Å²) in [6.07, 6.45) is 3.90. The lowest BCUT2D eigenvalue weighted by Crippen LogP contribution is -2.32. The van der Waals surface area contributed by atoms with E-state index in [0.717, 1.165) is 24.0 Å². The summed E-state index contributed by atoms with van der Waals surface area (Å²) >= 11 is 0. The van der Waals surface area contributed by atoms with Gasteiger partial charge in [-0.05, 0) is 46.1 Å². The second-order valence-electron chi connectivity index (χ2n) is 9.26. The van der Waals surface area contributed by atoms with Gasteiger partial charge in [-0.2, -0.15) is 0 Å². The van der Waals surface area contributed by atoms with Gasteiger partial charge in [-0.1, -0.05) is 30.3 Å². The van der Waals surface area contributed by atoms with Gasteiger partial charge in [0.2, 0.25) is 0 Å². The quantitative estimate of drug-likeness (QED) is 0.437. The second kappa shape index (κ2) is 10.9. The van der Waals surface area contributed by atoms with Crippen LogP contribution in [0.1, 0.15) is 63.0 Å². The average Bonchev–Trinajstić information content (AvgIpc) is 3.26. The average molecular weight is 500 g/mol. The first-order valence-electron chi connectivity index (χ1n) is 12.0. The minimum absolute atomic E-state index is 0.0672. The first kappa shape index (κ1) is 25.4. The SMILES string of the molecule is Cc1cnc([C@H](OC(C)C)[C@H](C)S(=O)(=O)Cc2nnc(-c3ccccc3)n2C2CCOCC2)nc1. The summed E-state index contributed by atoms with van der Waals surface area (Å²) in [5.74, 6) is 1.20. The molecule has 0 bridgehead atoms. The Hall–Kier alpha value is -2.69. The molecule has 0 amide bonds. The summed E-state index contributed by atoms with van der Waals surface area (Å²) in [5, 5.41) is 7.90. The standard InChI is InChI=1S/C25H33N5O4S/c1-17(2)34-23(24-26-14-18(3)15-27-24)19(4)35(31,32)16-22-28-29-25(20-8-6-5-7-9-20)30(22)21-10-12-33-13-11-21/h5-9,14-15,17,19,21,23H,10-13,16H2,1-4H3/t19-,23+/m0/s1. The maximum absolute atomic E-state index is 13.7. The molecule has 0 unspecified atom stereocenters. The van der Waals surface area contributed by atoms with Crippen molar-refractivity contribution in [1.82, 2.24) is 24.7 Å². The van der Waals surface area contributed by atoms with Crippen LogP contribution < -0.4 is 0 Å². The molecule has 10 heteroatoms. The smallest absolute Gasteiger partial charge is 0.164 e. The predicted molar refractivity (Wildman–Crippen MR) is 132 cm³/mol. The van der Waals surface area contributed by atoms with Crippen LogP contribution in [0.25, 0.3) is 11.4 Å². The molecule has 2 aromatic heterocycles. The zero-order valence-electron chi connectivity index (χ0n) is 20.7. The highest BCUT2D eigenvalue weighted by Gasteiger charge is 2.36. The van der Waals surface area contributed by atoms with Gasteiger partial charge >= 0.3 is 0 Å². The molecule has 9 nitrogen and oxygen atoms in total. The minimum Gasteiger partial charge on any atom is -0.381 e. The Morgan fingerprint density at radius 1 is 1.06 bits per heavy atom. The fourth-order valence-corrected chi connectivity index (χ4v) is 5.64. The monoisotopic (exact) mass is 499 g/mol. The first-order chi connectivity index (χ1) is 16.8. The Balaban J connectivity index is 1.68. The molecule has 0 aliphatic carbocycles. The van der Waals surface area contributed by atoms with E-state index in [2.05, 4.69) is 20.2 Å². The lowest BCUT2D eigenvalue weighted by Gasteiger charge is -2.27. The number of rotatable bonds is 9. The van der Waals surface area contributed by atoms with Crippen LogP contribution in [0.5, 0.6) is 0 Å². The van der Waals surface area contributed by atoms with Crippen molar-refractivity contribution in [2.75, 3.05) is 13.2 Å². The van der Waals surface area contributed by atoms with Gasteiger partial charge in [0.15, 0.2) is 21.5 Å². The van der Waals surface area contributed by atoms with Gasteiger partial charge in [0.1, 0.15) is 17.7 Å². The maximum Gasteiger partial charge on any atom is 0.164 e. The summed E-state index contributed by atoms with van der Waals surface area (Å²) in [4.78, 5) is 8.72. The molecule has 1 aromatic carbocycles. The number of nitrogens with zero attached hydrogens (tertiary/aromatic N) is 5. The summed E-state index contributed by atoms with van der Waals surface area (Å²) in [6.45, 7) is 8.51. The van der Waals surface area contributed by atoms with E-state index in [4.69, 9.17) is 9.47 Å². The Morgan fingerprint density at radius 2 is 1.71 bits per heavy atom. The minimum atomic E-state index is -3.71. The molecular formula is C25H33N5O4S. The molecule has 1 fully saturated rings. The van der Waals surface area contributed by atoms with Gasteiger partial charge in [-0.15, -0.1) is 10.2 Å². The second-order valence-corrected chi connectivity index (χ2v) is 11.6. The predicted octanol–water partition coefficient (Wildman–Crippen LogP) is 3.86. The Morgan fingerprint density at radius 3 is 2.34 bits per heavy atom. The van der Waals surface area contributed by atoms with Crippen LogP contribution in [0.2, 0.25) is 0 Å². The first-order valence-corrected chi connectivity index (χ1v) is 13.7. The Bertz CT molecular complexity index is 1210. The third-order valence-electron chi connectivity index (χ3n) is 6.15. The van der Waals surface area contributed by atoms with E-state index in [1.807, 2.05) is 55.7 Å². The fraction of sp³-hybridized carbons (Fsp3) is 0.520. The normalized spacial score (nSPS) is 16.9. The summed E-state index contributed by atoms with van der Waals surface area (Å²) < 4.78 is 41.0. The molecule has 0 spiro atoms. The van der Waals surface area contributed by atoms with Crippen LogP contribution in [0.4, 0.5) is 0 Å². The highest BCUT2D eigenvalue weighted by atomic mass is 32.2. The van der Waals surface area contributed by atoms with Gasteiger partial charge in [0.25, 0.3) is 0 Å². The lowest BCUT2D eigenvalue weighted by molar-refractivity contribution is 0.00140. The van der Waals surface area contributed by atoms with E-state index in [1.165, 1.54) is 0 Å². The van der Waals surface area contributed by atoms with E-state index in [0.29, 0.717) is 30.7 Å². The summed E-state index contributed by atoms with van der Waals surface area (Å²) in [5.41, 5.74) is 1.79. The van der Waals surface area contributed by atoms with Crippen LogP contribution >= 0.6 is 0 Å². The van der Waals surface area contributed by atoms with Crippen molar-refractivity contribution in [3.05, 3.63) is 59.9 Å². The molecule has 1 aliphatic heterocycles. The molecule has 4 rings (SSSR count). The van der Waals surface area contributed by atoms with E-state index in [1.54, 1.807) is 19.3 Å². The Kier molecular flexibility index (Phi) is 7.93. The number of hydrogen-bond acceptors (Lipinski definition) is 8. The van der Waals surface area contributed by atoms with Crippen LogP contribution in [0.3, 0.4) is 0 Å². The molecule has 3 aromatic rings. The van der Waals surface area contributed by atoms with Crippen molar-refractivity contribution in [3.63, 3.8) is 0 Å². The summed E-state index contributed by atoms with van der Waals surface area (Å²) in [7, 11) is -3.71. The van der Waals surface area contributed by atoms with Crippen molar-refractivity contribution in [1.29, 1.82) is 0 Å². The van der Waals surface area contributed by atoms with E-state index < -0.39 is 21.2 Å². The highest BCUT2D eigenvalue weighted by Crippen LogP contribution is 2.32. The lowest BCUT2D eigenvalue weighted by atomic mass is 10.1. The van der Waals surface area contributed by atoms with Crippen molar-refractivity contribution < 1.29 is 17.9 Å². The van der Waals surface area contributed by atoms with Crippen molar-refractivity contribution in [2.45, 2.75) is 69.8 Å². The molecule has 0 radical (unpaired) electrons. The molecule has 1 aliphatic rings. The van der Waals surface area contributed by atoms with Gasteiger partial charge in [0, 0.05) is 37.2 Å². The van der Waals surface area contributed by atoms with Crippen molar-refractivity contribution in [3.8, 4) is 11.4 Å². The molecule has 35 heavy (non-hydrogen) atoms. The molecule has 1 saturated heterocycles. The topological polar surface area (TPSA) is 109 Å². The van der Waals surface area contributed by atoms with Gasteiger partial charge < -0.3 is 14.0 Å². The Labute approximate surface area is 206 Å². The van der Waals surface area contributed by atoms with Crippen LogP contribution in [-0.4, -0.2) is 57.7 Å². The molecule has 3 heterocycles. The third-order valence-corrected chi connectivity index (χ3v) is 8.19. The van der Waals surface area contributed by atoms with Crippen molar-refractivity contribution in [2.24, 2.45) is 0 Å². The fourth-order valence-electron chi connectivity index (χ4n) is 4.26. The number of aryl methyl sites for hydroxylation is 1. The van der Waals surface area contributed by atoms with E-state index in [-0.39, 0.29) is 17.9 Å². The third kappa shape index (κ3) is 5.94. The zero-order chi connectivity index (χ0) is 25.0.